The smallest absolute Gasteiger partial charge is 0.280 e. The lowest BCUT2D eigenvalue weighted by Gasteiger charge is -2.26. The molecule has 0 radical (unpaired) electrons. The van der Waals surface area contributed by atoms with Crippen molar-refractivity contribution in [1.29, 1.82) is 0 Å². The quantitative estimate of drug-likeness (QED) is 0.882. The molecule has 7 nitrogen and oxygen atoms in total. The van der Waals surface area contributed by atoms with Gasteiger partial charge in [0, 0.05) is 12.6 Å². The summed E-state index contributed by atoms with van der Waals surface area (Å²) in [6.07, 6.45) is 1.97. The van der Waals surface area contributed by atoms with Crippen LogP contribution in [0.5, 0.6) is 0 Å². The van der Waals surface area contributed by atoms with Gasteiger partial charge in [-0.2, -0.15) is 0 Å². The first-order valence-corrected chi connectivity index (χ1v) is 8.62. The first-order valence-electron chi connectivity index (χ1n) is 8.62. The van der Waals surface area contributed by atoms with Crippen LogP contribution >= 0.6 is 0 Å². The van der Waals surface area contributed by atoms with Gasteiger partial charge in [0.05, 0.1) is 23.6 Å². The predicted octanol–water partition coefficient (Wildman–Crippen LogP) is 3.24. The minimum atomic E-state index is -1.03. The predicted molar refractivity (Wildman–Crippen MR) is 91.2 cm³/mol. The molecular weight excluding hydrogens is 360 g/mol. The van der Waals surface area contributed by atoms with E-state index < -0.39 is 23.4 Å². The molecule has 0 atom stereocenters. The van der Waals surface area contributed by atoms with E-state index in [4.69, 9.17) is 9.36 Å². The summed E-state index contributed by atoms with van der Waals surface area (Å²) in [6.45, 7) is 4.02. The zero-order valence-corrected chi connectivity index (χ0v) is 15.0. The summed E-state index contributed by atoms with van der Waals surface area (Å²) in [5.74, 6) is -3.11. The van der Waals surface area contributed by atoms with Crippen molar-refractivity contribution < 1.29 is 27.7 Å². The lowest BCUT2D eigenvalue weighted by atomic mass is 10.1. The molecule has 0 saturated carbocycles. The second-order valence-electron chi connectivity index (χ2n) is 6.13. The second kappa shape index (κ2) is 7.83. The Kier molecular flexibility index (Phi) is 5.50. The third-order valence-electron chi connectivity index (χ3n) is 4.26. The molecule has 1 aromatic carbocycles. The molecule has 1 aliphatic heterocycles. The summed E-state index contributed by atoms with van der Waals surface area (Å²) >= 11 is 0. The van der Waals surface area contributed by atoms with Crippen LogP contribution in [0, 0.1) is 18.6 Å². The highest BCUT2D eigenvalue weighted by Gasteiger charge is 2.26. The maximum Gasteiger partial charge on any atom is 0.280 e. The van der Waals surface area contributed by atoms with E-state index in [1.165, 1.54) is 0 Å². The molecule has 3 rings (SSSR count). The summed E-state index contributed by atoms with van der Waals surface area (Å²) in [6, 6.07) is 1.53. The molecule has 1 aliphatic rings. The Labute approximate surface area is 154 Å². The Bertz CT molecular complexity index is 876. The molecule has 2 amide bonds. The number of halogens is 2. The van der Waals surface area contributed by atoms with Crippen LogP contribution < -0.4 is 5.32 Å². The minimum absolute atomic E-state index is 0.188. The van der Waals surface area contributed by atoms with E-state index in [2.05, 4.69) is 10.5 Å². The minimum Gasteiger partial charge on any atom is -0.361 e. The van der Waals surface area contributed by atoms with E-state index in [1.54, 1.807) is 13.8 Å². The highest BCUT2D eigenvalue weighted by atomic mass is 19.1. The summed E-state index contributed by atoms with van der Waals surface area (Å²) in [5, 5.41) is 7.18. The van der Waals surface area contributed by atoms with Crippen LogP contribution in [-0.4, -0.2) is 35.2 Å². The van der Waals surface area contributed by atoms with Crippen molar-refractivity contribution in [3.05, 3.63) is 46.3 Å². The average molecular weight is 379 g/mol. The molecule has 27 heavy (non-hydrogen) atoms. The number of aromatic nitrogens is 1. The number of hydroxylamine groups is 2. The molecule has 2 heterocycles. The van der Waals surface area contributed by atoms with Gasteiger partial charge in [-0.1, -0.05) is 12.1 Å². The Balaban J connectivity index is 1.88. The number of amides is 2. The fraction of sp³-hybridized carbons (Fsp3) is 0.389. The van der Waals surface area contributed by atoms with Crippen molar-refractivity contribution in [2.45, 2.75) is 33.1 Å². The Morgan fingerprint density at radius 1 is 1.26 bits per heavy atom. The molecule has 0 spiro atoms. The zero-order chi connectivity index (χ0) is 19.6. The van der Waals surface area contributed by atoms with Gasteiger partial charge < -0.3 is 9.84 Å². The van der Waals surface area contributed by atoms with Gasteiger partial charge in [-0.3, -0.25) is 14.4 Å². The van der Waals surface area contributed by atoms with Gasteiger partial charge in [0.1, 0.15) is 23.0 Å². The van der Waals surface area contributed by atoms with E-state index in [9.17, 15) is 18.4 Å². The van der Waals surface area contributed by atoms with E-state index >= 15 is 0 Å². The van der Waals surface area contributed by atoms with Crippen molar-refractivity contribution in [3.8, 4) is 0 Å². The fourth-order valence-corrected chi connectivity index (χ4v) is 2.84. The van der Waals surface area contributed by atoms with Gasteiger partial charge in [0.15, 0.2) is 0 Å². The molecule has 1 fully saturated rings. The number of benzene rings is 1. The van der Waals surface area contributed by atoms with Crippen molar-refractivity contribution in [3.63, 3.8) is 0 Å². The normalized spacial score (nSPS) is 14.3. The molecule has 2 aromatic rings. The summed E-state index contributed by atoms with van der Waals surface area (Å²) in [4.78, 5) is 30.2. The van der Waals surface area contributed by atoms with E-state index in [-0.39, 0.29) is 22.6 Å². The number of nitrogens with one attached hydrogen (secondary N) is 1. The van der Waals surface area contributed by atoms with E-state index in [0.29, 0.717) is 31.3 Å². The van der Waals surface area contributed by atoms with Crippen LogP contribution in [0.15, 0.2) is 16.7 Å². The molecular formula is C18H19F2N3O4. The molecule has 9 heteroatoms. The number of carbonyl (C=O) groups excluding carboxylic acids is 2. The van der Waals surface area contributed by atoms with Gasteiger partial charge in [-0.25, -0.2) is 13.8 Å². The topological polar surface area (TPSA) is 84.7 Å². The largest absolute Gasteiger partial charge is 0.361 e. The van der Waals surface area contributed by atoms with E-state index in [1.807, 2.05) is 0 Å². The standard InChI is InChI=1S/C18H19F2N3O4/c1-3-14-16(10(2)27-22-14)17(24)21-15-8-11(12(19)9-13(15)20)18(25)23-6-4-5-7-26-23/h8-9H,3-7H2,1-2H3,(H,21,24). The third kappa shape index (κ3) is 3.82. The van der Waals surface area contributed by atoms with Crippen LogP contribution in [0.3, 0.4) is 0 Å². The van der Waals surface area contributed by atoms with Crippen molar-refractivity contribution in [1.82, 2.24) is 10.2 Å². The number of rotatable bonds is 4. The van der Waals surface area contributed by atoms with E-state index in [0.717, 1.165) is 24.0 Å². The number of carbonyl (C=O) groups is 2. The SMILES string of the molecule is CCc1noc(C)c1C(=O)Nc1cc(C(=O)N2CCCCO2)c(F)cc1F. The van der Waals surface area contributed by atoms with Crippen molar-refractivity contribution in [2.75, 3.05) is 18.5 Å². The molecule has 0 unspecified atom stereocenters. The lowest BCUT2D eigenvalue weighted by Crippen LogP contribution is -2.36. The first-order chi connectivity index (χ1) is 12.9. The summed E-state index contributed by atoms with van der Waals surface area (Å²) in [5.41, 5.74) is -0.0882. The van der Waals surface area contributed by atoms with Gasteiger partial charge in [-0.15, -0.1) is 0 Å². The number of aryl methyl sites for hydroxylation is 2. The van der Waals surface area contributed by atoms with Crippen LogP contribution in [0.2, 0.25) is 0 Å². The molecule has 1 saturated heterocycles. The molecule has 1 N–H and O–H groups in total. The van der Waals surface area contributed by atoms with Crippen LogP contribution in [0.1, 0.15) is 51.9 Å². The Morgan fingerprint density at radius 2 is 2.04 bits per heavy atom. The zero-order valence-electron chi connectivity index (χ0n) is 15.0. The lowest BCUT2D eigenvalue weighted by molar-refractivity contribution is -0.144. The van der Waals surface area contributed by atoms with Gasteiger partial charge in [0.25, 0.3) is 11.8 Å². The van der Waals surface area contributed by atoms with Crippen LogP contribution in [-0.2, 0) is 11.3 Å². The van der Waals surface area contributed by atoms with Gasteiger partial charge in [0.2, 0.25) is 0 Å². The summed E-state index contributed by atoms with van der Waals surface area (Å²) < 4.78 is 33.3. The summed E-state index contributed by atoms with van der Waals surface area (Å²) in [7, 11) is 0. The van der Waals surface area contributed by atoms with Crippen LogP contribution in [0.25, 0.3) is 0 Å². The fourth-order valence-electron chi connectivity index (χ4n) is 2.84. The highest BCUT2D eigenvalue weighted by Crippen LogP contribution is 2.24. The van der Waals surface area contributed by atoms with Crippen molar-refractivity contribution >= 4 is 17.5 Å². The number of hydrogen-bond donors (Lipinski definition) is 1. The Hall–Kier alpha value is -2.81. The molecule has 0 aliphatic carbocycles. The monoisotopic (exact) mass is 379 g/mol. The van der Waals surface area contributed by atoms with Gasteiger partial charge in [-0.05, 0) is 32.3 Å². The number of nitrogens with zero attached hydrogens (tertiary/aromatic N) is 2. The second-order valence-corrected chi connectivity index (χ2v) is 6.13. The highest BCUT2D eigenvalue weighted by molar-refractivity contribution is 6.06. The first kappa shape index (κ1) is 19.0. The van der Waals surface area contributed by atoms with Crippen LogP contribution in [0.4, 0.5) is 14.5 Å². The average Bonchev–Trinajstić information content (AvgIpc) is 3.04. The number of hydrogen-bond acceptors (Lipinski definition) is 5. The maximum atomic E-state index is 14.2. The number of anilines is 1. The molecule has 144 valence electrons. The molecule has 1 aromatic heterocycles. The Morgan fingerprint density at radius 3 is 2.70 bits per heavy atom. The molecule has 0 bridgehead atoms. The van der Waals surface area contributed by atoms with Gasteiger partial charge >= 0.3 is 0 Å². The maximum absolute atomic E-state index is 14.2. The van der Waals surface area contributed by atoms with Crippen molar-refractivity contribution in [2.24, 2.45) is 0 Å². The third-order valence-corrected chi connectivity index (χ3v) is 4.26.